The Kier molecular flexibility index (Phi) is 5.33. The van der Waals surface area contributed by atoms with Gasteiger partial charge in [-0.25, -0.2) is 5.43 Å². The fourth-order valence-corrected chi connectivity index (χ4v) is 3.13. The highest BCUT2D eigenvalue weighted by molar-refractivity contribution is 7.11. The van der Waals surface area contributed by atoms with Gasteiger partial charge in [0.1, 0.15) is 0 Å². The summed E-state index contributed by atoms with van der Waals surface area (Å²) in [5, 5.41) is 9.17. The van der Waals surface area contributed by atoms with Crippen LogP contribution in [0.25, 0.3) is 0 Å². The molecule has 0 aliphatic rings. The predicted molar refractivity (Wildman–Crippen MR) is 93.9 cm³/mol. The molecule has 0 aliphatic heterocycles. The third-order valence-electron chi connectivity index (χ3n) is 3.38. The van der Waals surface area contributed by atoms with E-state index in [9.17, 15) is 4.79 Å². The van der Waals surface area contributed by atoms with E-state index in [2.05, 4.69) is 34.9 Å². The lowest BCUT2D eigenvalue weighted by Crippen LogP contribution is -2.26. The summed E-state index contributed by atoms with van der Waals surface area (Å²) in [5.74, 6) is -0.162. The molecule has 0 aliphatic carbocycles. The van der Waals surface area contributed by atoms with Gasteiger partial charge in [-0.15, -0.1) is 11.3 Å². The number of carbonyl (C=O) groups is 1. The van der Waals surface area contributed by atoms with E-state index in [1.807, 2.05) is 32.2 Å². The first-order valence-corrected chi connectivity index (χ1v) is 8.03. The van der Waals surface area contributed by atoms with Crippen LogP contribution in [-0.4, -0.2) is 18.7 Å². The minimum Gasteiger partial charge on any atom is -0.376 e. The Bertz CT molecular complexity index is 681. The maximum absolute atomic E-state index is 11.8. The Balaban J connectivity index is 1.88. The Morgan fingerprint density at radius 1 is 1.18 bits per heavy atom. The second-order valence-electron chi connectivity index (χ2n) is 5.39. The van der Waals surface area contributed by atoms with Gasteiger partial charge in [-0.1, -0.05) is 17.7 Å². The number of nitrogens with zero attached hydrogens (tertiary/aromatic N) is 1. The van der Waals surface area contributed by atoms with Gasteiger partial charge in [0.2, 0.25) is 0 Å². The van der Waals surface area contributed by atoms with Gasteiger partial charge in [0.05, 0.1) is 12.8 Å². The molecular weight excluding hydrogens is 294 g/mol. The fourth-order valence-electron chi connectivity index (χ4n) is 2.35. The van der Waals surface area contributed by atoms with Crippen LogP contribution in [0.2, 0.25) is 0 Å². The van der Waals surface area contributed by atoms with Crippen molar-refractivity contribution < 1.29 is 4.79 Å². The summed E-state index contributed by atoms with van der Waals surface area (Å²) in [6, 6.07) is 6.23. The molecule has 1 amide bonds. The van der Waals surface area contributed by atoms with Crippen LogP contribution >= 0.6 is 11.3 Å². The van der Waals surface area contributed by atoms with Crippen molar-refractivity contribution in [1.82, 2.24) is 5.43 Å². The topological polar surface area (TPSA) is 53.5 Å². The highest BCUT2D eigenvalue weighted by Gasteiger charge is 2.05. The summed E-state index contributed by atoms with van der Waals surface area (Å²) >= 11 is 1.60. The highest BCUT2D eigenvalue weighted by Crippen LogP contribution is 2.21. The lowest BCUT2D eigenvalue weighted by atomic mass is 10.1. The second-order valence-corrected chi connectivity index (χ2v) is 6.34. The highest BCUT2D eigenvalue weighted by atomic mass is 32.1. The van der Waals surface area contributed by atoms with Crippen molar-refractivity contribution in [3.05, 3.63) is 50.7 Å². The molecule has 0 saturated heterocycles. The van der Waals surface area contributed by atoms with Crippen molar-refractivity contribution in [2.24, 2.45) is 5.10 Å². The molecule has 0 bridgehead atoms. The number of benzene rings is 1. The predicted octanol–water partition coefficient (Wildman–Crippen LogP) is 3.54. The van der Waals surface area contributed by atoms with Crippen LogP contribution < -0.4 is 10.7 Å². The molecule has 5 heteroatoms. The van der Waals surface area contributed by atoms with E-state index < -0.39 is 0 Å². The maximum Gasteiger partial charge on any atom is 0.259 e. The first-order valence-electron chi connectivity index (χ1n) is 7.15. The van der Waals surface area contributed by atoms with Gasteiger partial charge in [-0.3, -0.25) is 4.79 Å². The Labute approximate surface area is 135 Å². The summed E-state index contributed by atoms with van der Waals surface area (Å²) in [5.41, 5.74) is 8.22. The fraction of sp³-hybridized carbons (Fsp3) is 0.294. The number of aryl methyl sites for hydroxylation is 4. The van der Waals surface area contributed by atoms with E-state index in [1.54, 1.807) is 17.6 Å². The average molecular weight is 315 g/mol. The third kappa shape index (κ3) is 4.18. The van der Waals surface area contributed by atoms with E-state index in [4.69, 9.17) is 0 Å². The van der Waals surface area contributed by atoms with Crippen LogP contribution in [0.5, 0.6) is 0 Å². The van der Waals surface area contributed by atoms with E-state index in [1.165, 1.54) is 5.56 Å². The molecule has 0 fully saturated rings. The zero-order valence-electron chi connectivity index (χ0n) is 13.4. The number of hydrogen-bond donors (Lipinski definition) is 2. The number of anilines is 1. The quantitative estimate of drug-likeness (QED) is 0.655. The van der Waals surface area contributed by atoms with Gasteiger partial charge in [0.15, 0.2) is 0 Å². The molecule has 2 aromatic rings. The molecule has 116 valence electrons. The lowest BCUT2D eigenvalue weighted by Gasteiger charge is -2.13. The van der Waals surface area contributed by atoms with Crippen molar-refractivity contribution in [3.63, 3.8) is 0 Å². The molecule has 0 radical (unpaired) electrons. The van der Waals surface area contributed by atoms with Crippen LogP contribution in [-0.2, 0) is 4.79 Å². The average Bonchev–Trinajstić information content (AvgIpc) is 2.83. The van der Waals surface area contributed by atoms with E-state index >= 15 is 0 Å². The number of rotatable bonds is 5. The summed E-state index contributed by atoms with van der Waals surface area (Å²) in [4.78, 5) is 12.9. The van der Waals surface area contributed by atoms with E-state index in [0.29, 0.717) is 0 Å². The second kappa shape index (κ2) is 7.22. The van der Waals surface area contributed by atoms with Crippen molar-refractivity contribution in [2.45, 2.75) is 27.7 Å². The molecule has 0 saturated carbocycles. The van der Waals surface area contributed by atoms with Crippen molar-refractivity contribution >= 4 is 29.1 Å². The van der Waals surface area contributed by atoms with Gasteiger partial charge in [-0.05, 0) is 55.8 Å². The summed E-state index contributed by atoms with van der Waals surface area (Å²) in [6.07, 6.45) is 1.68. The number of carbonyl (C=O) groups excluding carboxylic acids is 1. The van der Waals surface area contributed by atoms with Crippen molar-refractivity contribution in [2.75, 3.05) is 11.9 Å². The van der Waals surface area contributed by atoms with Gasteiger partial charge in [-0.2, -0.15) is 5.10 Å². The van der Waals surface area contributed by atoms with Crippen molar-refractivity contribution in [3.8, 4) is 0 Å². The molecular formula is C17H21N3OS. The Morgan fingerprint density at radius 2 is 1.86 bits per heavy atom. The normalized spacial score (nSPS) is 10.9. The molecule has 2 rings (SSSR count). The number of thiophene rings is 1. The van der Waals surface area contributed by atoms with Crippen LogP contribution in [0.3, 0.4) is 0 Å². The number of amides is 1. The van der Waals surface area contributed by atoms with Gasteiger partial charge in [0.25, 0.3) is 5.91 Å². The number of nitrogens with one attached hydrogen (secondary N) is 2. The Morgan fingerprint density at radius 3 is 2.45 bits per heavy atom. The Hall–Kier alpha value is -2.14. The molecule has 0 atom stereocenters. The molecule has 0 spiro atoms. The van der Waals surface area contributed by atoms with Gasteiger partial charge >= 0.3 is 0 Å². The van der Waals surface area contributed by atoms with Crippen molar-refractivity contribution in [1.29, 1.82) is 0 Å². The monoisotopic (exact) mass is 315 g/mol. The minimum atomic E-state index is -0.162. The smallest absolute Gasteiger partial charge is 0.259 e. The van der Waals surface area contributed by atoms with E-state index in [0.717, 1.165) is 27.3 Å². The SMILES string of the molecule is Cc1cc(C)c(NCC(=O)N/N=C\c2sccc2C)c(C)c1. The first kappa shape index (κ1) is 16.2. The standard InChI is InChI=1S/C17H21N3OS/c1-11-7-13(3)17(14(4)8-11)18-10-16(21)20-19-9-15-12(2)5-6-22-15/h5-9,18H,10H2,1-4H3,(H,20,21)/b19-9-. The summed E-state index contributed by atoms with van der Waals surface area (Å²) < 4.78 is 0. The minimum absolute atomic E-state index is 0.162. The molecule has 4 nitrogen and oxygen atoms in total. The van der Waals surface area contributed by atoms with Crippen LogP contribution in [0.4, 0.5) is 5.69 Å². The molecule has 1 aromatic heterocycles. The molecule has 2 N–H and O–H groups in total. The lowest BCUT2D eigenvalue weighted by molar-refractivity contribution is -0.119. The summed E-state index contributed by atoms with van der Waals surface area (Å²) in [7, 11) is 0. The zero-order valence-corrected chi connectivity index (χ0v) is 14.2. The molecule has 1 heterocycles. The molecule has 1 aromatic carbocycles. The number of hydrogen-bond acceptors (Lipinski definition) is 4. The third-order valence-corrected chi connectivity index (χ3v) is 4.33. The summed E-state index contributed by atoms with van der Waals surface area (Å²) in [6.45, 7) is 8.36. The van der Waals surface area contributed by atoms with Crippen LogP contribution in [0.15, 0.2) is 28.7 Å². The molecule has 0 unspecified atom stereocenters. The van der Waals surface area contributed by atoms with E-state index in [-0.39, 0.29) is 12.5 Å². The zero-order chi connectivity index (χ0) is 16.1. The van der Waals surface area contributed by atoms with Gasteiger partial charge < -0.3 is 5.32 Å². The van der Waals surface area contributed by atoms with Crippen LogP contribution in [0, 0.1) is 27.7 Å². The largest absolute Gasteiger partial charge is 0.376 e. The van der Waals surface area contributed by atoms with Crippen LogP contribution in [0.1, 0.15) is 27.1 Å². The molecule has 22 heavy (non-hydrogen) atoms. The van der Waals surface area contributed by atoms with Gasteiger partial charge in [0, 0.05) is 10.6 Å². The first-order chi connectivity index (χ1) is 10.5. The number of hydrazone groups is 1. The maximum atomic E-state index is 11.8.